The number of aromatic amines is 1. The van der Waals surface area contributed by atoms with Crippen LogP contribution in [-0.2, 0) is 6.54 Å². The lowest BCUT2D eigenvalue weighted by atomic mass is 10.2. The number of aliphatic hydroxyl groups is 1. The van der Waals surface area contributed by atoms with Crippen LogP contribution >= 0.6 is 11.8 Å². The molecule has 1 aromatic heterocycles. The Morgan fingerprint density at radius 3 is 2.95 bits per heavy atom. The van der Waals surface area contributed by atoms with Gasteiger partial charge in [0.2, 0.25) is 0 Å². The molecule has 0 radical (unpaired) electrons. The third-order valence-electron chi connectivity index (χ3n) is 3.21. The number of fused-ring (bicyclic) bond motifs is 1. The fraction of sp³-hybridized carbons (Fsp3) is 0.400. The smallest absolute Gasteiger partial charge is 0.315 e. The third kappa shape index (κ3) is 4.68. The quantitative estimate of drug-likeness (QED) is 0.632. The van der Waals surface area contributed by atoms with Crippen molar-refractivity contribution in [2.24, 2.45) is 0 Å². The molecule has 114 valence electrons. The van der Waals surface area contributed by atoms with E-state index in [0.717, 1.165) is 22.3 Å². The molecule has 0 fully saturated rings. The topological polar surface area (TPSA) is 77.2 Å². The molecule has 0 saturated carbocycles. The van der Waals surface area contributed by atoms with Crippen LogP contribution in [0.4, 0.5) is 4.79 Å². The first-order valence-electron chi connectivity index (χ1n) is 6.93. The van der Waals surface area contributed by atoms with Gasteiger partial charge in [0.15, 0.2) is 0 Å². The van der Waals surface area contributed by atoms with Crippen LogP contribution in [0.2, 0.25) is 0 Å². The molecule has 0 saturated heterocycles. The van der Waals surface area contributed by atoms with Gasteiger partial charge in [0.1, 0.15) is 0 Å². The van der Waals surface area contributed by atoms with Crippen molar-refractivity contribution in [3.05, 3.63) is 36.0 Å². The normalized spacial score (nSPS) is 12.3. The number of carbonyl (C=O) groups is 1. The number of carbonyl (C=O) groups excluding carboxylic acids is 1. The van der Waals surface area contributed by atoms with E-state index < -0.39 is 0 Å². The van der Waals surface area contributed by atoms with E-state index in [9.17, 15) is 4.79 Å². The lowest BCUT2D eigenvalue weighted by molar-refractivity contribution is 0.231. The van der Waals surface area contributed by atoms with Gasteiger partial charge >= 0.3 is 6.03 Å². The maximum atomic E-state index is 11.9. The number of aliphatic hydroxyl groups excluding tert-OH is 1. The first-order valence-corrected chi connectivity index (χ1v) is 8.33. The molecule has 0 spiro atoms. The van der Waals surface area contributed by atoms with E-state index in [1.807, 2.05) is 36.6 Å². The minimum atomic E-state index is -0.207. The van der Waals surface area contributed by atoms with Gasteiger partial charge in [0.05, 0.1) is 6.54 Å². The summed E-state index contributed by atoms with van der Waals surface area (Å²) in [6.45, 7) is 0.527. The first-order chi connectivity index (χ1) is 10.2. The summed E-state index contributed by atoms with van der Waals surface area (Å²) in [6, 6.07) is 9.82. The van der Waals surface area contributed by atoms with Gasteiger partial charge in [-0.15, -0.1) is 0 Å². The maximum Gasteiger partial charge on any atom is 0.315 e. The average molecular weight is 307 g/mol. The molecule has 2 rings (SSSR count). The number of para-hydroxylation sites is 1. The fourth-order valence-corrected chi connectivity index (χ4v) is 2.85. The summed E-state index contributed by atoms with van der Waals surface area (Å²) in [6.07, 6.45) is 2.55. The molecule has 2 aromatic rings. The number of amides is 2. The summed E-state index contributed by atoms with van der Waals surface area (Å²) >= 11 is 1.65. The van der Waals surface area contributed by atoms with Crippen LogP contribution < -0.4 is 10.6 Å². The molecular weight excluding hydrogens is 286 g/mol. The average Bonchev–Trinajstić information content (AvgIpc) is 2.88. The lowest BCUT2D eigenvalue weighted by Crippen LogP contribution is -2.43. The van der Waals surface area contributed by atoms with Crippen LogP contribution in [0.15, 0.2) is 30.3 Å². The van der Waals surface area contributed by atoms with Crippen LogP contribution in [0.3, 0.4) is 0 Å². The van der Waals surface area contributed by atoms with E-state index in [1.54, 1.807) is 11.8 Å². The van der Waals surface area contributed by atoms with Gasteiger partial charge in [0, 0.05) is 29.6 Å². The van der Waals surface area contributed by atoms with Crippen LogP contribution in [0.5, 0.6) is 0 Å². The summed E-state index contributed by atoms with van der Waals surface area (Å²) in [5.41, 5.74) is 2.03. The molecule has 0 aliphatic carbocycles. The standard InChI is InChI=1S/C15H21N3O2S/c1-21-10-12(6-7-19)18-15(20)16-9-13-8-11-4-2-3-5-14(11)17-13/h2-5,8,12,17,19H,6-7,9-10H2,1H3,(H2,16,18,20). The van der Waals surface area contributed by atoms with Crippen molar-refractivity contribution >= 4 is 28.7 Å². The van der Waals surface area contributed by atoms with E-state index >= 15 is 0 Å². The van der Waals surface area contributed by atoms with Gasteiger partial charge in [-0.1, -0.05) is 18.2 Å². The molecule has 1 heterocycles. The van der Waals surface area contributed by atoms with Gasteiger partial charge in [-0.2, -0.15) is 11.8 Å². The van der Waals surface area contributed by atoms with Crippen molar-refractivity contribution < 1.29 is 9.90 Å². The molecule has 5 nitrogen and oxygen atoms in total. The van der Waals surface area contributed by atoms with Crippen molar-refractivity contribution in [2.45, 2.75) is 19.0 Å². The summed E-state index contributed by atoms with van der Waals surface area (Å²) in [5, 5.41) is 15.8. The van der Waals surface area contributed by atoms with E-state index in [4.69, 9.17) is 5.11 Å². The first kappa shape index (κ1) is 15.7. The lowest BCUT2D eigenvalue weighted by Gasteiger charge is -2.16. The SMILES string of the molecule is CSCC(CCO)NC(=O)NCc1cc2ccccc2[nH]1. The number of thioether (sulfide) groups is 1. The zero-order valence-corrected chi connectivity index (χ0v) is 12.9. The predicted octanol–water partition coefficient (Wildman–Crippen LogP) is 2.08. The Kier molecular flexibility index (Phi) is 5.95. The van der Waals surface area contributed by atoms with Gasteiger partial charge < -0.3 is 20.7 Å². The third-order valence-corrected chi connectivity index (χ3v) is 3.94. The van der Waals surface area contributed by atoms with Gasteiger partial charge in [-0.3, -0.25) is 0 Å². The van der Waals surface area contributed by atoms with Crippen molar-refractivity contribution in [3.63, 3.8) is 0 Å². The summed E-state index contributed by atoms with van der Waals surface area (Å²) in [4.78, 5) is 15.1. The number of hydrogen-bond donors (Lipinski definition) is 4. The molecule has 6 heteroatoms. The second kappa shape index (κ2) is 7.95. The highest BCUT2D eigenvalue weighted by Gasteiger charge is 2.11. The Labute approximate surface area is 128 Å². The second-order valence-electron chi connectivity index (χ2n) is 4.87. The minimum Gasteiger partial charge on any atom is -0.396 e. The second-order valence-corrected chi connectivity index (χ2v) is 5.78. The zero-order chi connectivity index (χ0) is 15.1. The van der Waals surface area contributed by atoms with E-state index in [2.05, 4.69) is 15.6 Å². The Hall–Kier alpha value is -1.66. The number of rotatable bonds is 7. The molecular formula is C15H21N3O2S. The van der Waals surface area contributed by atoms with Crippen molar-refractivity contribution in [2.75, 3.05) is 18.6 Å². The number of H-pyrrole nitrogens is 1. The molecule has 1 atom stereocenters. The van der Waals surface area contributed by atoms with Crippen LogP contribution in [0.1, 0.15) is 12.1 Å². The van der Waals surface area contributed by atoms with E-state index in [-0.39, 0.29) is 18.7 Å². The number of benzene rings is 1. The van der Waals surface area contributed by atoms with Crippen molar-refractivity contribution in [3.8, 4) is 0 Å². The number of urea groups is 1. The summed E-state index contributed by atoms with van der Waals surface area (Å²) in [7, 11) is 0. The maximum absolute atomic E-state index is 11.9. The molecule has 0 aliphatic heterocycles. The summed E-state index contributed by atoms with van der Waals surface area (Å²) in [5.74, 6) is 0.792. The highest BCUT2D eigenvalue weighted by Crippen LogP contribution is 2.14. The molecule has 1 aromatic carbocycles. The number of hydrogen-bond acceptors (Lipinski definition) is 3. The Morgan fingerprint density at radius 1 is 1.43 bits per heavy atom. The van der Waals surface area contributed by atoms with Crippen LogP contribution in [-0.4, -0.2) is 40.8 Å². The minimum absolute atomic E-state index is 0.00675. The fourth-order valence-electron chi connectivity index (χ4n) is 2.19. The highest BCUT2D eigenvalue weighted by molar-refractivity contribution is 7.98. The van der Waals surface area contributed by atoms with Crippen molar-refractivity contribution in [1.82, 2.24) is 15.6 Å². The van der Waals surface area contributed by atoms with Gasteiger partial charge in [0.25, 0.3) is 0 Å². The zero-order valence-electron chi connectivity index (χ0n) is 12.1. The van der Waals surface area contributed by atoms with E-state index in [0.29, 0.717) is 13.0 Å². The molecule has 0 bridgehead atoms. The van der Waals surface area contributed by atoms with Crippen molar-refractivity contribution in [1.29, 1.82) is 0 Å². The summed E-state index contributed by atoms with van der Waals surface area (Å²) < 4.78 is 0. The monoisotopic (exact) mass is 307 g/mol. The largest absolute Gasteiger partial charge is 0.396 e. The predicted molar refractivity (Wildman–Crippen MR) is 87.5 cm³/mol. The molecule has 1 unspecified atom stereocenters. The Balaban J connectivity index is 1.85. The van der Waals surface area contributed by atoms with E-state index in [1.165, 1.54) is 0 Å². The molecule has 4 N–H and O–H groups in total. The molecule has 0 aliphatic rings. The number of nitrogens with one attached hydrogen (secondary N) is 3. The van der Waals surface area contributed by atoms with Crippen LogP contribution in [0.25, 0.3) is 10.9 Å². The van der Waals surface area contributed by atoms with Crippen LogP contribution in [0, 0.1) is 0 Å². The highest BCUT2D eigenvalue weighted by atomic mass is 32.2. The van der Waals surface area contributed by atoms with Gasteiger partial charge in [-0.25, -0.2) is 4.79 Å². The molecule has 21 heavy (non-hydrogen) atoms. The Bertz CT molecular complexity index is 546. The van der Waals surface area contributed by atoms with Gasteiger partial charge in [-0.05, 0) is 30.2 Å². The Morgan fingerprint density at radius 2 is 2.24 bits per heavy atom. The molecule has 2 amide bonds. The number of aromatic nitrogens is 1.